The van der Waals surface area contributed by atoms with Crippen LogP contribution in [0.2, 0.25) is 0 Å². The Kier molecular flexibility index (Phi) is 5.57. The first-order valence-electron chi connectivity index (χ1n) is 9.80. The van der Waals surface area contributed by atoms with Crippen molar-refractivity contribution in [3.8, 4) is 0 Å². The number of nitrogens with zero attached hydrogens (tertiary/aromatic N) is 3. The molecule has 142 valence electrons. The van der Waals surface area contributed by atoms with E-state index in [1.54, 1.807) is 0 Å². The average molecular weight is 384 g/mol. The molecule has 2 N–H and O–H groups in total. The number of thioether (sulfide) groups is 1. The molecule has 0 saturated heterocycles. The highest BCUT2D eigenvalue weighted by Crippen LogP contribution is 2.25. The smallest absolute Gasteiger partial charge is 0.230 e. The van der Waals surface area contributed by atoms with Crippen molar-refractivity contribution in [1.29, 1.82) is 0 Å². The zero-order valence-corrected chi connectivity index (χ0v) is 16.4. The number of hydrogen-bond acceptors (Lipinski definition) is 5. The van der Waals surface area contributed by atoms with E-state index < -0.39 is 0 Å². The predicted octanol–water partition coefficient (Wildman–Crippen LogP) is 4.00. The summed E-state index contributed by atoms with van der Waals surface area (Å²) < 4.78 is 0. The number of benzene rings is 1. The summed E-state index contributed by atoms with van der Waals surface area (Å²) in [5.74, 6) is 0.379. The van der Waals surface area contributed by atoms with Crippen molar-refractivity contribution in [3.05, 3.63) is 23.8 Å². The molecule has 0 bridgehead atoms. The number of carbonyl (C=O) groups is 1. The van der Waals surface area contributed by atoms with Crippen LogP contribution < -0.4 is 5.32 Å². The third-order valence-corrected chi connectivity index (χ3v) is 6.06. The SMILES string of the molecule is CCc1ccc2[nH]c3nc(SCC(=O)NC4CCCCCC4)nnc3c2c1. The molecule has 0 spiro atoms. The van der Waals surface area contributed by atoms with Crippen LogP contribution in [0.3, 0.4) is 0 Å². The molecule has 7 heteroatoms. The molecule has 4 rings (SSSR count). The minimum atomic E-state index is 0.0554. The summed E-state index contributed by atoms with van der Waals surface area (Å²) in [6.45, 7) is 2.13. The Balaban J connectivity index is 1.43. The summed E-state index contributed by atoms with van der Waals surface area (Å²) in [7, 11) is 0. The molecule has 1 aliphatic carbocycles. The third kappa shape index (κ3) is 4.24. The van der Waals surface area contributed by atoms with Gasteiger partial charge in [-0.3, -0.25) is 4.79 Å². The van der Waals surface area contributed by atoms with Crippen molar-refractivity contribution in [2.75, 3.05) is 5.75 Å². The molecule has 1 aliphatic rings. The molecule has 1 saturated carbocycles. The topological polar surface area (TPSA) is 83.6 Å². The van der Waals surface area contributed by atoms with Crippen LogP contribution in [0.5, 0.6) is 0 Å². The first-order valence-corrected chi connectivity index (χ1v) is 10.8. The predicted molar refractivity (Wildman–Crippen MR) is 109 cm³/mol. The van der Waals surface area contributed by atoms with E-state index in [0.29, 0.717) is 17.0 Å². The fourth-order valence-corrected chi connectivity index (χ4v) is 4.31. The fraction of sp³-hybridized carbons (Fsp3) is 0.500. The number of aromatic amines is 1. The number of rotatable bonds is 5. The normalized spacial score (nSPS) is 15.9. The minimum Gasteiger partial charge on any atom is -0.353 e. The van der Waals surface area contributed by atoms with Crippen molar-refractivity contribution < 1.29 is 4.79 Å². The maximum atomic E-state index is 12.3. The summed E-state index contributed by atoms with van der Waals surface area (Å²) >= 11 is 1.34. The van der Waals surface area contributed by atoms with Crippen molar-refractivity contribution >= 4 is 39.7 Å². The number of aromatic nitrogens is 4. The molecule has 0 atom stereocenters. The quantitative estimate of drug-likeness (QED) is 0.514. The lowest BCUT2D eigenvalue weighted by atomic mass is 10.1. The van der Waals surface area contributed by atoms with Crippen LogP contribution in [-0.2, 0) is 11.2 Å². The Morgan fingerprint density at radius 3 is 2.81 bits per heavy atom. The Bertz CT molecular complexity index is 946. The lowest BCUT2D eigenvalue weighted by molar-refractivity contribution is -0.119. The van der Waals surface area contributed by atoms with Crippen molar-refractivity contribution in [2.45, 2.75) is 63.1 Å². The molecular formula is C20H25N5OS. The van der Waals surface area contributed by atoms with Crippen LogP contribution in [0, 0.1) is 0 Å². The van der Waals surface area contributed by atoms with Gasteiger partial charge in [0, 0.05) is 16.9 Å². The van der Waals surface area contributed by atoms with Crippen LogP contribution in [-0.4, -0.2) is 37.9 Å². The molecular weight excluding hydrogens is 358 g/mol. The minimum absolute atomic E-state index is 0.0554. The fourth-order valence-electron chi connectivity index (χ4n) is 3.71. The summed E-state index contributed by atoms with van der Waals surface area (Å²) in [6, 6.07) is 6.63. The highest BCUT2D eigenvalue weighted by Gasteiger charge is 2.16. The van der Waals surface area contributed by atoms with Gasteiger partial charge in [-0.2, -0.15) is 0 Å². The highest BCUT2D eigenvalue weighted by molar-refractivity contribution is 7.99. The molecule has 1 aromatic carbocycles. The number of hydrogen-bond donors (Lipinski definition) is 2. The number of aryl methyl sites for hydroxylation is 1. The second kappa shape index (κ2) is 8.25. The van der Waals surface area contributed by atoms with E-state index in [1.807, 2.05) is 0 Å². The number of H-pyrrole nitrogens is 1. The molecule has 1 fully saturated rings. The maximum Gasteiger partial charge on any atom is 0.230 e. The third-order valence-electron chi connectivity index (χ3n) is 5.22. The van der Waals surface area contributed by atoms with E-state index in [4.69, 9.17) is 0 Å². The van der Waals surface area contributed by atoms with E-state index in [1.165, 1.54) is 43.0 Å². The molecule has 3 aromatic rings. The number of nitrogens with one attached hydrogen (secondary N) is 2. The Morgan fingerprint density at radius 1 is 1.22 bits per heavy atom. The van der Waals surface area contributed by atoms with Crippen LogP contribution in [0.1, 0.15) is 51.0 Å². The van der Waals surface area contributed by atoms with Gasteiger partial charge in [-0.1, -0.05) is 50.4 Å². The van der Waals surface area contributed by atoms with Gasteiger partial charge in [0.1, 0.15) is 5.52 Å². The van der Waals surface area contributed by atoms with Gasteiger partial charge in [-0.15, -0.1) is 10.2 Å². The van der Waals surface area contributed by atoms with Gasteiger partial charge in [-0.05, 0) is 37.0 Å². The average Bonchev–Trinajstić information content (AvgIpc) is 2.84. The molecule has 6 nitrogen and oxygen atoms in total. The maximum absolute atomic E-state index is 12.3. The Labute approximate surface area is 162 Å². The monoisotopic (exact) mass is 383 g/mol. The largest absolute Gasteiger partial charge is 0.353 e. The van der Waals surface area contributed by atoms with Gasteiger partial charge in [-0.25, -0.2) is 4.98 Å². The molecule has 1 amide bonds. The lowest BCUT2D eigenvalue weighted by Crippen LogP contribution is -2.35. The number of fused-ring (bicyclic) bond motifs is 3. The number of carbonyl (C=O) groups excluding carboxylic acids is 1. The van der Waals surface area contributed by atoms with Gasteiger partial charge >= 0.3 is 0 Å². The van der Waals surface area contributed by atoms with Crippen molar-refractivity contribution in [1.82, 2.24) is 25.5 Å². The van der Waals surface area contributed by atoms with Gasteiger partial charge in [0.2, 0.25) is 11.1 Å². The first kappa shape index (κ1) is 18.2. The van der Waals surface area contributed by atoms with E-state index in [0.717, 1.165) is 41.3 Å². The molecule has 0 aliphatic heterocycles. The molecule has 0 unspecified atom stereocenters. The van der Waals surface area contributed by atoms with Gasteiger partial charge < -0.3 is 10.3 Å². The van der Waals surface area contributed by atoms with Crippen LogP contribution >= 0.6 is 11.8 Å². The van der Waals surface area contributed by atoms with Gasteiger partial charge in [0.25, 0.3) is 0 Å². The highest BCUT2D eigenvalue weighted by atomic mass is 32.2. The second-order valence-electron chi connectivity index (χ2n) is 7.19. The van der Waals surface area contributed by atoms with Crippen LogP contribution in [0.15, 0.2) is 23.4 Å². The Hall–Kier alpha value is -2.15. The van der Waals surface area contributed by atoms with E-state index in [2.05, 4.69) is 50.6 Å². The molecule has 2 heterocycles. The van der Waals surface area contributed by atoms with Crippen LogP contribution in [0.4, 0.5) is 0 Å². The van der Waals surface area contributed by atoms with E-state index >= 15 is 0 Å². The summed E-state index contributed by atoms with van der Waals surface area (Å²) in [5.41, 5.74) is 3.78. The molecule has 2 aromatic heterocycles. The summed E-state index contributed by atoms with van der Waals surface area (Å²) in [5, 5.41) is 13.3. The van der Waals surface area contributed by atoms with E-state index in [-0.39, 0.29) is 5.91 Å². The van der Waals surface area contributed by atoms with Crippen molar-refractivity contribution in [3.63, 3.8) is 0 Å². The van der Waals surface area contributed by atoms with Gasteiger partial charge in [0.15, 0.2) is 5.65 Å². The van der Waals surface area contributed by atoms with E-state index in [9.17, 15) is 4.79 Å². The Morgan fingerprint density at radius 2 is 2.04 bits per heavy atom. The summed E-state index contributed by atoms with van der Waals surface area (Å²) in [6.07, 6.45) is 8.15. The second-order valence-corrected chi connectivity index (χ2v) is 8.14. The standard InChI is InChI=1S/C20H25N5OS/c1-2-13-9-10-16-15(11-13)18-19(22-16)23-20(25-24-18)27-12-17(26)21-14-7-5-3-4-6-8-14/h9-11,14H,2-8,12H2,1H3,(H,21,26)(H,22,23,25). The summed E-state index contributed by atoms with van der Waals surface area (Å²) in [4.78, 5) is 20.1. The van der Waals surface area contributed by atoms with Gasteiger partial charge in [0.05, 0.1) is 5.75 Å². The number of amides is 1. The molecule has 27 heavy (non-hydrogen) atoms. The zero-order chi connectivity index (χ0) is 18.6. The first-order chi connectivity index (χ1) is 13.2. The molecule has 0 radical (unpaired) electrons. The van der Waals surface area contributed by atoms with Crippen molar-refractivity contribution in [2.24, 2.45) is 0 Å². The van der Waals surface area contributed by atoms with Crippen LogP contribution in [0.25, 0.3) is 22.1 Å². The zero-order valence-electron chi connectivity index (χ0n) is 15.6. The lowest BCUT2D eigenvalue weighted by Gasteiger charge is -2.15.